The molecule has 6 nitrogen and oxygen atoms in total. The molecule has 2 aliphatic heterocycles. The Morgan fingerprint density at radius 1 is 0.970 bits per heavy atom. The van der Waals surface area contributed by atoms with E-state index in [1.165, 1.54) is 37.9 Å². The fourth-order valence-corrected chi connectivity index (χ4v) is 5.89. The van der Waals surface area contributed by atoms with Gasteiger partial charge in [-0.05, 0) is 73.9 Å². The molecule has 1 aromatic heterocycles. The van der Waals surface area contributed by atoms with Gasteiger partial charge in [-0.25, -0.2) is 4.98 Å². The van der Waals surface area contributed by atoms with E-state index in [0.717, 1.165) is 36.3 Å². The number of benzene rings is 2. The third-order valence-corrected chi connectivity index (χ3v) is 8.13. The van der Waals surface area contributed by atoms with Crippen LogP contribution in [0.15, 0.2) is 53.3 Å². The number of amides is 1. The van der Waals surface area contributed by atoms with Crippen LogP contribution in [0.3, 0.4) is 0 Å². The highest BCUT2D eigenvalue weighted by molar-refractivity contribution is 5.94. The van der Waals surface area contributed by atoms with Crippen LogP contribution >= 0.6 is 0 Å². The molecule has 2 saturated heterocycles. The van der Waals surface area contributed by atoms with Gasteiger partial charge in [0.15, 0.2) is 0 Å². The minimum absolute atomic E-state index is 0.0876. The second-order valence-electron chi connectivity index (χ2n) is 10.1. The van der Waals surface area contributed by atoms with Crippen molar-refractivity contribution in [1.29, 1.82) is 0 Å². The molecule has 33 heavy (non-hydrogen) atoms. The molecular formula is C27H30N4O2. The van der Waals surface area contributed by atoms with Crippen molar-refractivity contribution in [2.75, 3.05) is 31.1 Å². The zero-order chi connectivity index (χ0) is 22.4. The van der Waals surface area contributed by atoms with Gasteiger partial charge >= 0.3 is 0 Å². The van der Waals surface area contributed by atoms with Crippen molar-refractivity contribution in [3.8, 4) is 0 Å². The van der Waals surface area contributed by atoms with E-state index in [1.54, 1.807) is 6.07 Å². The van der Waals surface area contributed by atoms with Gasteiger partial charge in [0.2, 0.25) is 0 Å². The third kappa shape index (κ3) is 3.71. The van der Waals surface area contributed by atoms with E-state index in [9.17, 15) is 9.59 Å². The molecule has 0 bridgehead atoms. The number of carbonyl (C=O) groups is 1. The second kappa shape index (κ2) is 8.01. The lowest BCUT2D eigenvalue weighted by Gasteiger charge is -2.38. The van der Waals surface area contributed by atoms with Crippen LogP contribution in [0.1, 0.15) is 60.6 Å². The van der Waals surface area contributed by atoms with Crippen LogP contribution in [-0.4, -0.2) is 47.0 Å². The number of aromatic nitrogens is 2. The van der Waals surface area contributed by atoms with Crippen LogP contribution in [0.5, 0.6) is 0 Å². The van der Waals surface area contributed by atoms with Gasteiger partial charge in [0, 0.05) is 43.3 Å². The Morgan fingerprint density at radius 2 is 1.73 bits per heavy atom. The summed E-state index contributed by atoms with van der Waals surface area (Å²) in [5.74, 6) is 1.00. The van der Waals surface area contributed by atoms with Gasteiger partial charge in [-0.3, -0.25) is 9.59 Å². The number of para-hydroxylation sites is 1. The zero-order valence-electron chi connectivity index (χ0n) is 18.9. The molecule has 0 unspecified atom stereocenters. The van der Waals surface area contributed by atoms with Gasteiger partial charge in [0.1, 0.15) is 5.82 Å². The number of H-pyrrole nitrogens is 1. The maximum absolute atomic E-state index is 13.1. The SMILES string of the molecule is O=C(c1ccc(N2CCC3(CCC3)C2)cc1)N1CCC(c2nc3ccccc3c(=O)[nH]2)CC1. The molecule has 2 aromatic carbocycles. The number of aromatic amines is 1. The number of fused-ring (bicyclic) bond motifs is 1. The Hall–Kier alpha value is -3.15. The molecule has 3 aromatic rings. The summed E-state index contributed by atoms with van der Waals surface area (Å²) in [5.41, 5.74) is 3.21. The Bertz CT molecular complexity index is 1240. The number of likely N-dealkylation sites (tertiary alicyclic amines) is 1. The number of piperidine rings is 1. The lowest BCUT2D eigenvalue weighted by atomic mass is 9.68. The molecule has 1 aliphatic carbocycles. The maximum Gasteiger partial charge on any atom is 0.258 e. The minimum atomic E-state index is -0.0876. The van der Waals surface area contributed by atoms with E-state index in [0.29, 0.717) is 23.9 Å². The highest BCUT2D eigenvalue weighted by atomic mass is 16.2. The van der Waals surface area contributed by atoms with Crippen molar-refractivity contribution in [3.63, 3.8) is 0 Å². The van der Waals surface area contributed by atoms with Crippen molar-refractivity contribution >= 4 is 22.5 Å². The molecule has 1 amide bonds. The van der Waals surface area contributed by atoms with Crippen LogP contribution in [0, 0.1) is 5.41 Å². The first-order valence-corrected chi connectivity index (χ1v) is 12.2. The summed E-state index contributed by atoms with van der Waals surface area (Å²) < 4.78 is 0. The fraction of sp³-hybridized carbons (Fsp3) is 0.444. The van der Waals surface area contributed by atoms with Crippen LogP contribution in [-0.2, 0) is 0 Å². The number of hydrogen-bond donors (Lipinski definition) is 1. The summed E-state index contributed by atoms with van der Waals surface area (Å²) in [6.45, 7) is 3.65. The van der Waals surface area contributed by atoms with E-state index < -0.39 is 0 Å². The van der Waals surface area contributed by atoms with E-state index >= 15 is 0 Å². The summed E-state index contributed by atoms with van der Waals surface area (Å²) in [7, 11) is 0. The molecule has 6 heteroatoms. The quantitative estimate of drug-likeness (QED) is 0.656. The van der Waals surface area contributed by atoms with Crippen LogP contribution in [0.2, 0.25) is 0 Å². The zero-order valence-corrected chi connectivity index (χ0v) is 18.9. The van der Waals surface area contributed by atoms with Crippen LogP contribution in [0.25, 0.3) is 10.9 Å². The minimum Gasteiger partial charge on any atom is -0.371 e. The first kappa shape index (κ1) is 20.5. The highest BCUT2D eigenvalue weighted by Gasteiger charge is 2.42. The molecule has 6 rings (SSSR count). The molecule has 1 N–H and O–H groups in total. The summed E-state index contributed by atoms with van der Waals surface area (Å²) in [4.78, 5) is 37.6. The van der Waals surface area contributed by atoms with E-state index in [1.807, 2.05) is 35.2 Å². The summed E-state index contributed by atoms with van der Waals surface area (Å²) in [6.07, 6.45) is 7.05. The Balaban J connectivity index is 1.10. The van der Waals surface area contributed by atoms with Gasteiger partial charge in [0.05, 0.1) is 10.9 Å². The van der Waals surface area contributed by atoms with Gasteiger partial charge in [0.25, 0.3) is 11.5 Å². The maximum atomic E-state index is 13.1. The fourth-order valence-electron chi connectivity index (χ4n) is 5.89. The predicted octanol–water partition coefficient (Wildman–Crippen LogP) is 4.32. The molecule has 1 spiro atoms. The van der Waals surface area contributed by atoms with Crippen molar-refractivity contribution in [3.05, 3.63) is 70.3 Å². The predicted molar refractivity (Wildman–Crippen MR) is 130 cm³/mol. The van der Waals surface area contributed by atoms with Gasteiger partial charge in [-0.15, -0.1) is 0 Å². The number of nitrogens with zero attached hydrogens (tertiary/aromatic N) is 3. The molecular weight excluding hydrogens is 412 g/mol. The molecule has 3 heterocycles. The summed E-state index contributed by atoms with van der Waals surface area (Å²) >= 11 is 0. The Morgan fingerprint density at radius 3 is 2.42 bits per heavy atom. The van der Waals surface area contributed by atoms with Crippen LogP contribution < -0.4 is 10.5 Å². The Kier molecular flexibility index (Phi) is 4.97. The van der Waals surface area contributed by atoms with Crippen molar-refractivity contribution in [2.45, 2.75) is 44.4 Å². The Labute approximate surface area is 193 Å². The molecule has 0 atom stereocenters. The average molecular weight is 443 g/mol. The third-order valence-electron chi connectivity index (χ3n) is 8.13. The number of rotatable bonds is 3. The highest BCUT2D eigenvalue weighted by Crippen LogP contribution is 2.48. The number of nitrogens with one attached hydrogen (secondary N) is 1. The topological polar surface area (TPSA) is 69.3 Å². The smallest absolute Gasteiger partial charge is 0.258 e. The summed E-state index contributed by atoms with van der Waals surface area (Å²) in [5, 5.41) is 0.620. The summed E-state index contributed by atoms with van der Waals surface area (Å²) in [6, 6.07) is 15.6. The number of carbonyl (C=O) groups excluding carboxylic acids is 1. The molecule has 0 radical (unpaired) electrons. The first-order chi connectivity index (χ1) is 16.1. The van der Waals surface area contributed by atoms with Crippen molar-refractivity contribution < 1.29 is 4.79 Å². The van der Waals surface area contributed by atoms with Crippen molar-refractivity contribution in [2.24, 2.45) is 5.41 Å². The van der Waals surface area contributed by atoms with Gasteiger partial charge in [-0.1, -0.05) is 18.6 Å². The number of anilines is 1. The van der Waals surface area contributed by atoms with Gasteiger partial charge in [-0.2, -0.15) is 0 Å². The molecule has 3 aliphatic rings. The van der Waals surface area contributed by atoms with Crippen molar-refractivity contribution in [1.82, 2.24) is 14.9 Å². The molecule has 170 valence electrons. The second-order valence-corrected chi connectivity index (χ2v) is 10.1. The van der Waals surface area contributed by atoms with E-state index in [4.69, 9.17) is 4.98 Å². The van der Waals surface area contributed by atoms with E-state index in [2.05, 4.69) is 22.0 Å². The molecule has 1 saturated carbocycles. The van der Waals surface area contributed by atoms with Crippen LogP contribution in [0.4, 0.5) is 5.69 Å². The van der Waals surface area contributed by atoms with Gasteiger partial charge < -0.3 is 14.8 Å². The average Bonchev–Trinajstić information content (AvgIpc) is 3.31. The number of hydrogen-bond acceptors (Lipinski definition) is 4. The lowest BCUT2D eigenvalue weighted by Crippen LogP contribution is -2.38. The standard InChI is InChI=1S/C27H30N4O2/c32-25-22-4-1-2-5-23(22)28-24(29-25)19-10-15-30(16-11-19)26(33)20-6-8-21(9-7-20)31-17-14-27(18-31)12-3-13-27/h1-2,4-9,19H,3,10-18H2,(H,28,29,32). The molecule has 3 fully saturated rings. The normalized spacial score (nSPS) is 20.4. The largest absolute Gasteiger partial charge is 0.371 e. The lowest BCUT2D eigenvalue weighted by molar-refractivity contribution is 0.0711. The monoisotopic (exact) mass is 442 g/mol. The van der Waals surface area contributed by atoms with E-state index in [-0.39, 0.29) is 17.4 Å². The first-order valence-electron chi connectivity index (χ1n) is 12.2.